The molecule has 0 aliphatic heterocycles. The Morgan fingerprint density at radius 2 is 2.25 bits per heavy atom. The number of nitrogens with zero attached hydrogens (tertiary/aromatic N) is 2. The van der Waals surface area contributed by atoms with Gasteiger partial charge in [0.25, 0.3) is 0 Å². The van der Waals surface area contributed by atoms with Crippen LogP contribution in [0, 0.1) is 11.3 Å². The highest BCUT2D eigenvalue weighted by Crippen LogP contribution is 2.19. The van der Waals surface area contributed by atoms with Crippen molar-refractivity contribution >= 4 is 5.69 Å². The Balaban J connectivity index is 2.54. The van der Waals surface area contributed by atoms with Crippen molar-refractivity contribution in [2.75, 3.05) is 25.6 Å². The van der Waals surface area contributed by atoms with Crippen molar-refractivity contribution < 1.29 is 4.74 Å². The Morgan fingerprint density at radius 3 is 2.88 bits per heavy atom. The monoisotopic (exact) mass is 219 g/mol. The predicted octanol–water partition coefficient (Wildman–Crippen LogP) is 1.37. The first-order valence-corrected chi connectivity index (χ1v) is 5.16. The maximum absolute atomic E-state index is 8.46. The highest BCUT2D eigenvalue weighted by atomic mass is 16.5. The molecule has 0 saturated heterocycles. The summed E-state index contributed by atoms with van der Waals surface area (Å²) < 4.78 is 5.51. The summed E-state index contributed by atoms with van der Waals surface area (Å²) in [6.07, 6.45) is 0.313. The van der Waals surface area contributed by atoms with E-state index in [0.29, 0.717) is 13.0 Å². The average Bonchev–Trinajstić information content (AvgIpc) is 2.27. The largest absolute Gasteiger partial charge is 0.492 e. The molecule has 0 spiro atoms. The van der Waals surface area contributed by atoms with Crippen LogP contribution in [-0.2, 0) is 0 Å². The summed E-state index contributed by atoms with van der Waals surface area (Å²) in [5, 5.41) is 8.46. The fourth-order valence-corrected chi connectivity index (χ4v) is 1.23. The molecule has 0 heterocycles. The molecule has 0 fully saturated rings. The number of benzene rings is 1. The highest BCUT2D eigenvalue weighted by Gasteiger charge is 2.03. The van der Waals surface area contributed by atoms with Gasteiger partial charge in [0.1, 0.15) is 12.4 Å². The fourth-order valence-electron chi connectivity index (χ4n) is 1.23. The Hall–Kier alpha value is -1.73. The molecule has 0 saturated carbocycles. The van der Waals surface area contributed by atoms with Gasteiger partial charge >= 0.3 is 0 Å². The molecule has 4 nitrogen and oxygen atoms in total. The van der Waals surface area contributed by atoms with E-state index < -0.39 is 0 Å². The lowest BCUT2D eigenvalue weighted by Gasteiger charge is -2.15. The minimum Gasteiger partial charge on any atom is -0.492 e. The summed E-state index contributed by atoms with van der Waals surface area (Å²) in [6.45, 7) is 0.366. The number of rotatable bonds is 5. The number of nitrogens with two attached hydrogens (primary N) is 1. The van der Waals surface area contributed by atoms with E-state index >= 15 is 0 Å². The number of hydrogen-bond donors (Lipinski definition) is 1. The zero-order chi connectivity index (χ0) is 12.0. The van der Waals surface area contributed by atoms with Gasteiger partial charge in [-0.1, -0.05) is 6.07 Å². The predicted molar refractivity (Wildman–Crippen MR) is 64.5 cm³/mol. The van der Waals surface area contributed by atoms with E-state index in [9.17, 15) is 0 Å². The van der Waals surface area contributed by atoms with Gasteiger partial charge in [-0.15, -0.1) is 0 Å². The Labute approximate surface area is 96.2 Å². The molecule has 0 aliphatic carbocycles. The van der Waals surface area contributed by atoms with Crippen LogP contribution in [0.1, 0.15) is 6.42 Å². The lowest BCUT2D eigenvalue weighted by Crippen LogP contribution is -2.27. The first kappa shape index (κ1) is 12.3. The molecule has 0 amide bonds. The zero-order valence-corrected chi connectivity index (χ0v) is 9.68. The minimum absolute atomic E-state index is 0.229. The van der Waals surface area contributed by atoms with Gasteiger partial charge in [-0.05, 0) is 12.1 Å². The van der Waals surface area contributed by atoms with E-state index in [2.05, 4.69) is 0 Å². The second-order valence-electron chi connectivity index (χ2n) is 3.83. The van der Waals surface area contributed by atoms with E-state index in [-0.39, 0.29) is 6.04 Å². The van der Waals surface area contributed by atoms with Crippen LogP contribution < -0.4 is 15.4 Å². The van der Waals surface area contributed by atoms with Crippen molar-refractivity contribution in [3.8, 4) is 11.8 Å². The van der Waals surface area contributed by atoms with Gasteiger partial charge in [0.2, 0.25) is 0 Å². The SMILES string of the molecule is CN(C)c1cccc(OCC(N)CC#N)c1. The number of nitriles is 1. The van der Waals surface area contributed by atoms with Crippen molar-refractivity contribution in [3.63, 3.8) is 0 Å². The normalized spacial score (nSPS) is 11.6. The van der Waals surface area contributed by atoms with Crippen LogP contribution in [0.25, 0.3) is 0 Å². The van der Waals surface area contributed by atoms with E-state index in [4.69, 9.17) is 15.7 Å². The summed E-state index contributed by atoms with van der Waals surface area (Å²) in [5.41, 5.74) is 6.75. The summed E-state index contributed by atoms with van der Waals surface area (Å²) in [6, 6.07) is 9.55. The highest BCUT2D eigenvalue weighted by molar-refractivity contribution is 5.49. The second kappa shape index (κ2) is 5.99. The fraction of sp³-hybridized carbons (Fsp3) is 0.417. The maximum atomic E-state index is 8.46. The lowest BCUT2D eigenvalue weighted by molar-refractivity contribution is 0.290. The lowest BCUT2D eigenvalue weighted by atomic mass is 10.2. The Bertz CT molecular complexity index is 371. The van der Waals surface area contributed by atoms with Crippen LogP contribution in [0.5, 0.6) is 5.75 Å². The molecule has 1 rings (SSSR count). The van der Waals surface area contributed by atoms with Crippen LogP contribution >= 0.6 is 0 Å². The van der Waals surface area contributed by atoms with Crippen LogP contribution in [0.15, 0.2) is 24.3 Å². The second-order valence-corrected chi connectivity index (χ2v) is 3.83. The van der Waals surface area contributed by atoms with Gasteiger partial charge in [-0.3, -0.25) is 0 Å². The summed E-state index contributed by atoms with van der Waals surface area (Å²) >= 11 is 0. The summed E-state index contributed by atoms with van der Waals surface area (Å²) in [4.78, 5) is 2.00. The van der Waals surface area contributed by atoms with Gasteiger partial charge in [0.05, 0.1) is 18.5 Å². The molecule has 2 N–H and O–H groups in total. The third-order valence-corrected chi connectivity index (χ3v) is 2.15. The molecular weight excluding hydrogens is 202 g/mol. The summed E-state index contributed by atoms with van der Waals surface area (Å²) in [7, 11) is 3.95. The number of anilines is 1. The molecule has 86 valence electrons. The van der Waals surface area contributed by atoms with Crippen LogP contribution in [0.2, 0.25) is 0 Å². The van der Waals surface area contributed by atoms with E-state index in [1.807, 2.05) is 49.3 Å². The van der Waals surface area contributed by atoms with Crippen LogP contribution in [0.3, 0.4) is 0 Å². The quantitative estimate of drug-likeness (QED) is 0.812. The molecule has 16 heavy (non-hydrogen) atoms. The number of ether oxygens (including phenoxy) is 1. The molecule has 0 aromatic heterocycles. The molecule has 1 atom stereocenters. The molecule has 0 bridgehead atoms. The molecule has 0 aliphatic rings. The van der Waals surface area contributed by atoms with Gasteiger partial charge in [-0.25, -0.2) is 0 Å². The third-order valence-electron chi connectivity index (χ3n) is 2.15. The van der Waals surface area contributed by atoms with Gasteiger partial charge in [0.15, 0.2) is 0 Å². The molecule has 1 unspecified atom stereocenters. The summed E-state index contributed by atoms with van der Waals surface area (Å²) in [5.74, 6) is 0.777. The molecule has 1 aromatic rings. The Morgan fingerprint density at radius 1 is 1.50 bits per heavy atom. The van der Waals surface area contributed by atoms with E-state index in [1.165, 1.54) is 0 Å². The zero-order valence-electron chi connectivity index (χ0n) is 9.68. The van der Waals surface area contributed by atoms with Gasteiger partial charge < -0.3 is 15.4 Å². The molecular formula is C12H17N3O. The molecule has 0 radical (unpaired) electrons. The van der Waals surface area contributed by atoms with E-state index in [0.717, 1.165) is 11.4 Å². The van der Waals surface area contributed by atoms with Crippen molar-refractivity contribution in [2.24, 2.45) is 5.73 Å². The minimum atomic E-state index is -0.229. The van der Waals surface area contributed by atoms with Crippen molar-refractivity contribution in [1.82, 2.24) is 0 Å². The van der Waals surface area contributed by atoms with Crippen molar-refractivity contribution in [1.29, 1.82) is 5.26 Å². The third kappa shape index (κ3) is 3.79. The van der Waals surface area contributed by atoms with Crippen LogP contribution in [-0.4, -0.2) is 26.7 Å². The average molecular weight is 219 g/mol. The van der Waals surface area contributed by atoms with Crippen molar-refractivity contribution in [3.05, 3.63) is 24.3 Å². The van der Waals surface area contributed by atoms with Gasteiger partial charge in [-0.2, -0.15) is 5.26 Å². The maximum Gasteiger partial charge on any atom is 0.121 e. The topological polar surface area (TPSA) is 62.3 Å². The van der Waals surface area contributed by atoms with E-state index in [1.54, 1.807) is 0 Å². The first-order chi connectivity index (χ1) is 7.63. The Kier molecular flexibility index (Phi) is 4.62. The smallest absolute Gasteiger partial charge is 0.121 e. The van der Waals surface area contributed by atoms with Crippen molar-refractivity contribution in [2.45, 2.75) is 12.5 Å². The number of hydrogen-bond acceptors (Lipinski definition) is 4. The molecule has 4 heteroatoms. The molecule has 1 aromatic carbocycles. The van der Waals surface area contributed by atoms with Crippen LogP contribution in [0.4, 0.5) is 5.69 Å². The van der Waals surface area contributed by atoms with Gasteiger partial charge in [0, 0.05) is 25.8 Å². The first-order valence-electron chi connectivity index (χ1n) is 5.16. The standard InChI is InChI=1S/C12H17N3O/c1-15(2)11-4-3-5-12(8-11)16-9-10(14)6-7-13/h3-5,8,10H,6,9,14H2,1-2H3.